The van der Waals surface area contributed by atoms with Gasteiger partial charge in [-0.25, -0.2) is 18.4 Å². The lowest BCUT2D eigenvalue weighted by Crippen LogP contribution is -2.28. The van der Waals surface area contributed by atoms with Gasteiger partial charge in [-0.05, 0) is 44.4 Å². The Hall–Kier alpha value is -3.80. The Morgan fingerprint density at radius 1 is 1.13 bits per heavy atom. The Kier molecular flexibility index (Phi) is 5.89. The molecule has 4 rings (SSSR count). The molecule has 0 unspecified atom stereocenters. The second-order valence-corrected chi connectivity index (χ2v) is 7.12. The van der Waals surface area contributed by atoms with Gasteiger partial charge in [0.15, 0.2) is 5.69 Å². The van der Waals surface area contributed by atoms with Crippen molar-refractivity contribution in [3.8, 4) is 17.2 Å². The molecule has 0 radical (unpaired) electrons. The third kappa shape index (κ3) is 4.38. The minimum Gasteiger partial charge on any atom is -0.368 e. The number of amidine groups is 1. The molecule has 0 aliphatic rings. The molecular weight excluding hydrogens is 473 g/mol. The molecule has 12 heteroatoms. The zero-order valence-electron chi connectivity index (χ0n) is 15.8. The Morgan fingerprint density at radius 3 is 2.71 bits per heavy atom. The molecule has 0 bridgehead atoms. The van der Waals surface area contributed by atoms with E-state index < -0.39 is 11.6 Å². The van der Waals surface area contributed by atoms with E-state index in [9.17, 15) is 9.18 Å². The number of benzene rings is 2. The highest BCUT2D eigenvalue weighted by atomic mass is 79.9. The van der Waals surface area contributed by atoms with Crippen molar-refractivity contribution in [2.45, 2.75) is 0 Å². The Labute approximate surface area is 182 Å². The fourth-order valence-corrected chi connectivity index (χ4v) is 3.14. The molecule has 2 heterocycles. The van der Waals surface area contributed by atoms with Gasteiger partial charge >= 0.3 is 5.76 Å². The first-order chi connectivity index (χ1) is 15.0. The molecular formula is C19H15BrFN7O3. The molecule has 0 amide bonds. The van der Waals surface area contributed by atoms with E-state index in [-0.39, 0.29) is 27.6 Å². The fourth-order valence-electron chi connectivity index (χ4n) is 2.78. The van der Waals surface area contributed by atoms with Crippen LogP contribution < -0.4 is 16.4 Å². The van der Waals surface area contributed by atoms with Crippen LogP contribution in [0, 0.1) is 11.2 Å². The van der Waals surface area contributed by atoms with Crippen molar-refractivity contribution in [2.75, 3.05) is 18.4 Å². The van der Waals surface area contributed by atoms with Gasteiger partial charge in [-0.2, -0.15) is 0 Å². The maximum Gasteiger partial charge on any atom is 0.446 e. The van der Waals surface area contributed by atoms with Gasteiger partial charge in [-0.1, -0.05) is 35.5 Å². The van der Waals surface area contributed by atoms with Crippen molar-refractivity contribution in [1.29, 1.82) is 5.41 Å². The summed E-state index contributed by atoms with van der Waals surface area (Å²) in [5, 5.41) is 25.4. The summed E-state index contributed by atoms with van der Waals surface area (Å²) in [7, 11) is 0. The van der Waals surface area contributed by atoms with Gasteiger partial charge in [0.25, 0.3) is 0 Å². The van der Waals surface area contributed by atoms with E-state index in [2.05, 4.69) is 42.0 Å². The quantitative estimate of drug-likeness (QED) is 0.205. The van der Waals surface area contributed by atoms with Crippen molar-refractivity contribution in [3.63, 3.8) is 0 Å². The number of hydrogen-bond donors (Lipinski definition) is 3. The highest BCUT2D eigenvalue weighted by Gasteiger charge is 2.23. The molecule has 0 aliphatic carbocycles. The topological polar surface area (TPSA) is 135 Å². The molecule has 158 valence electrons. The number of halogens is 2. The molecule has 2 aromatic carbocycles. The summed E-state index contributed by atoms with van der Waals surface area (Å²) in [6.07, 6.45) is 0. The van der Waals surface area contributed by atoms with Crippen LogP contribution in [0.4, 0.5) is 10.2 Å². The molecule has 31 heavy (non-hydrogen) atoms. The van der Waals surface area contributed by atoms with Crippen LogP contribution in [0.3, 0.4) is 0 Å². The first-order valence-electron chi connectivity index (χ1n) is 9.03. The highest BCUT2D eigenvalue weighted by Crippen LogP contribution is 2.26. The zero-order chi connectivity index (χ0) is 21.8. The molecule has 3 N–H and O–H groups in total. The van der Waals surface area contributed by atoms with E-state index in [1.165, 1.54) is 18.2 Å². The maximum atomic E-state index is 13.6. The van der Waals surface area contributed by atoms with Crippen LogP contribution in [0.1, 0.15) is 5.56 Å². The third-order valence-electron chi connectivity index (χ3n) is 4.25. The largest absolute Gasteiger partial charge is 0.446 e. The SMILES string of the molecule is N=C(NCCNc1nonc1-c1noc(=O)n1-c1ccc(F)c(Br)c1)c1ccccc1. The summed E-state index contributed by atoms with van der Waals surface area (Å²) in [4.78, 5) is 12.2. The standard InChI is InChI=1S/C19H15BrFN7O3/c20-13-10-12(6-7-14(13)21)28-18(27-30-19(28)29)15-17(26-31-25-15)24-9-8-23-16(22)11-4-2-1-3-5-11/h1-7,10H,8-9H2,(H2,22,23)(H,24,26). The predicted molar refractivity (Wildman–Crippen MR) is 113 cm³/mol. The number of nitrogens with one attached hydrogen (secondary N) is 3. The molecule has 10 nitrogen and oxygen atoms in total. The van der Waals surface area contributed by atoms with E-state index in [0.717, 1.165) is 10.1 Å². The fraction of sp³-hybridized carbons (Fsp3) is 0.105. The van der Waals surface area contributed by atoms with Crippen LogP contribution >= 0.6 is 15.9 Å². The molecule has 0 saturated heterocycles. The molecule has 0 spiro atoms. The normalized spacial score (nSPS) is 10.8. The monoisotopic (exact) mass is 487 g/mol. The average Bonchev–Trinajstić information content (AvgIpc) is 3.39. The van der Waals surface area contributed by atoms with Crippen molar-refractivity contribution in [1.82, 2.24) is 25.4 Å². The summed E-state index contributed by atoms with van der Waals surface area (Å²) < 4.78 is 24.4. The minimum atomic E-state index is -0.777. The van der Waals surface area contributed by atoms with Crippen LogP contribution in [-0.4, -0.2) is 39.0 Å². The van der Waals surface area contributed by atoms with Crippen LogP contribution in [0.5, 0.6) is 0 Å². The Bertz CT molecular complexity index is 1270. The van der Waals surface area contributed by atoms with Crippen molar-refractivity contribution in [3.05, 3.63) is 74.9 Å². The lowest BCUT2D eigenvalue weighted by Gasteiger charge is -2.09. The van der Waals surface area contributed by atoms with E-state index >= 15 is 0 Å². The first-order valence-corrected chi connectivity index (χ1v) is 9.82. The molecule has 0 atom stereocenters. The average molecular weight is 488 g/mol. The van der Waals surface area contributed by atoms with Gasteiger partial charge in [0.05, 0.1) is 10.2 Å². The predicted octanol–water partition coefficient (Wildman–Crippen LogP) is 2.80. The van der Waals surface area contributed by atoms with Gasteiger partial charge in [-0.15, -0.1) is 0 Å². The lowest BCUT2D eigenvalue weighted by molar-refractivity contribution is 0.309. The summed E-state index contributed by atoms with van der Waals surface area (Å²) in [5.74, 6) is -0.698. The number of hydrogen-bond acceptors (Lipinski definition) is 8. The van der Waals surface area contributed by atoms with Crippen LogP contribution in [0.2, 0.25) is 0 Å². The third-order valence-corrected chi connectivity index (χ3v) is 4.86. The summed E-state index contributed by atoms with van der Waals surface area (Å²) >= 11 is 3.09. The summed E-state index contributed by atoms with van der Waals surface area (Å²) in [6, 6.07) is 13.3. The number of aromatic nitrogens is 4. The van der Waals surface area contributed by atoms with Crippen molar-refractivity contribution in [2.24, 2.45) is 0 Å². The summed E-state index contributed by atoms with van der Waals surface area (Å²) in [5.41, 5.74) is 1.23. The van der Waals surface area contributed by atoms with Gasteiger partial charge in [0, 0.05) is 18.7 Å². The number of anilines is 1. The smallest absolute Gasteiger partial charge is 0.368 e. The molecule has 0 saturated carbocycles. The second kappa shape index (κ2) is 8.92. The van der Waals surface area contributed by atoms with Crippen molar-refractivity contribution < 1.29 is 13.5 Å². The van der Waals surface area contributed by atoms with Gasteiger partial charge < -0.3 is 10.6 Å². The Morgan fingerprint density at radius 2 is 1.94 bits per heavy atom. The first kappa shape index (κ1) is 20.5. The van der Waals surface area contributed by atoms with Crippen LogP contribution in [0.15, 0.2) is 67.0 Å². The second-order valence-electron chi connectivity index (χ2n) is 6.26. The van der Waals surface area contributed by atoms with Crippen molar-refractivity contribution >= 4 is 27.6 Å². The lowest BCUT2D eigenvalue weighted by atomic mass is 10.2. The molecule has 0 fully saturated rings. The summed E-state index contributed by atoms with van der Waals surface area (Å²) in [6.45, 7) is 0.789. The molecule has 0 aliphatic heterocycles. The van der Waals surface area contributed by atoms with Crippen LogP contribution in [-0.2, 0) is 0 Å². The van der Waals surface area contributed by atoms with E-state index in [1.54, 1.807) is 0 Å². The van der Waals surface area contributed by atoms with E-state index in [0.29, 0.717) is 18.8 Å². The van der Waals surface area contributed by atoms with E-state index in [1.807, 2.05) is 30.3 Å². The van der Waals surface area contributed by atoms with Gasteiger partial charge in [0.2, 0.25) is 11.6 Å². The van der Waals surface area contributed by atoms with Crippen LogP contribution in [0.25, 0.3) is 17.2 Å². The number of rotatable bonds is 7. The van der Waals surface area contributed by atoms with Gasteiger partial charge in [0.1, 0.15) is 11.7 Å². The number of nitrogens with zero attached hydrogens (tertiary/aromatic N) is 4. The Balaban J connectivity index is 1.48. The van der Waals surface area contributed by atoms with E-state index in [4.69, 9.17) is 14.6 Å². The molecule has 2 aromatic heterocycles. The maximum absolute atomic E-state index is 13.6. The zero-order valence-corrected chi connectivity index (χ0v) is 17.4. The van der Waals surface area contributed by atoms with Gasteiger partial charge in [-0.3, -0.25) is 9.93 Å². The minimum absolute atomic E-state index is 0.0391. The molecule has 4 aromatic rings. The highest BCUT2D eigenvalue weighted by molar-refractivity contribution is 9.10.